The molecule has 0 aliphatic carbocycles. The highest BCUT2D eigenvalue weighted by Crippen LogP contribution is 2.05. The van der Waals surface area contributed by atoms with E-state index < -0.39 is 0 Å². The molecular weight excluding hydrogens is 196 g/mol. The van der Waals surface area contributed by atoms with Crippen LogP contribution in [0, 0.1) is 0 Å². The Kier molecular flexibility index (Phi) is 8.67. The van der Waals surface area contributed by atoms with Crippen molar-refractivity contribution in [1.29, 1.82) is 0 Å². The Balaban J connectivity index is 3.65. The molecule has 2 atom stereocenters. The standard InChI is InChI=1S/C10H24N2OS/c1-9(8-14-4)12(2)6-5-10(7-11)13-3/h9-10H,5-8,11H2,1-4H3. The third kappa shape index (κ3) is 5.86. The van der Waals surface area contributed by atoms with Gasteiger partial charge >= 0.3 is 0 Å². The lowest BCUT2D eigenvalue weighted by Crippen LogP contribution is -2.35. The van der Waals surface area contributed by atoms with Gasteiger partial charge in [0.05, 0.1) is 6.10 Å². The van der Waals surface area contributed by atoms with Gasteiger partial charge in [-0.25, -0.2) is 0 Å². The predicted molar refractivity (Wildman–Crippen MR) is 64.9 cm³/mol. The van der Waals surface area contributed by atoms with Crippen molar-refractivity contribution in [2.24, 2.45) is 5.73 Å². The summed E-state index contributed by atoms with van der Waals surface area (Å²) in [5, 5.41) is 0. The molecule has 2 N–H and O–H groups in total. The second-order valence-corrected chi connectivity index (χ2v) is 4.58. The molecule has 0 rings (SSSR count). The van der Waals surface area contributed by atoms with Gasteiger partial charge in [0.15, 0.2) is 0 Å². The summed E-state index contributed by atoms with van der Waals surface area (Å²) < 4.78 is 5.23. The second kappa shape index (κ2) is 8.53. The van der Waals surface area contributed by atoms with E-state index in [4.69, 9.17) is 10.5 Å². The van der Waals surface area contributed by atoms with Crippen molar-refractivity contribution in [2.45, 2.75) is 25.5 Å². The third-order valence-electron chi connectivity index (χ3n) is 2.56. The smallest absolute Gasteiger partial charge is 0.0705 e. The van der Waals surface area contributed by atoms with E-state index in [2.05, 4.69) is 25.1 Å². The van der Waals surface area contributed by atoms with E-state index in [-0.39, 0.29) is 6.10 Å². The molecule has 0 spiro atoms. The number of ether oxygens (including phenoxy) is 1. The molecule has 2 unspecified atom stereocenters. The molecule has 0 aliphatic heterocycles. The minimum atomic E-state index is 0.207. The summed E-state index contributed by atoms with van der Waals surface area (Å²) in [7, 11) is 3.88. The highest BCUT2D eigenvalue weighted by atomic mass is 32.2. The van der Waals surface area contributed by atoms with E-state index in [1.54, 1.807) is 7.11 Å². The van der Waals surface area contributed by atoms with Gasteiger partial charge in [0.1, 0.15) is 0 Å². The van der Waals surface area contributed by atoms with Gasteiger partial charge in [-0.15, -0.1) is 0 Å². The molecule has 14 heavy (non-hydrogen) atoms. The van der Waals surface area contributed by atoms with Crippen molar-refractivity contribution in [3.05, 3.63) is 0 Å². The Labute approximate surface area is 92.4 Å². The first kappa shape index (κ1) is 14.2. The third-order valence-corrected chi connectivity index (χ3v) is 3.38. The fraction of sp³-hybridized carbons (Fsp3) is 1.00. The molecule has 0 amide bonds. The topological polar surface area (TPSA) is 38.5 Å². The van der Waals surface area contributed by atoms with Crippen molar-refractivity contribution in [2.75, 3.05) is 39.3 Å². The van der Waals surface area contributed by atoms with E-state index in [1.807, 2.05) is 11.8 Å². The lowest BCUT2D eigenvalue weighted by Gasteiger charge is -2.25. The normalized spacial score (nSPS) is 15.9. The fourth-order valence-corrected chi connectivity index (χ4v) is 2.01. The number of hydrogen-bond acceptors (Lipinski definition) is 4. The summed E-state index contributed by atoms with van der Waals surface area (Å²) in [5.74, 6) is 1.18. The van der Waals surface area contributed by atoms with Gasteiger partial charge in [0.25, 0.3) is 0 Å². The molecule has 0 aliphatic rings. The number of nitrogens with two attached hydrogens (primary N) is 1. The highest BCUT2D eigenvalue weighted by molar-refractivity contribution is 7.98. The molecule has 0 saturated heterocycles. The Morgan fingerprint density at radius 3 is 2.57 bits per heavy atom. The molecule has 86 valence electrons. The Morgan fingerprint density at radius 2 is 2.14 bits per heavy atom. The summed E-state index contributed by atoms with van der Waals surface area (Å²) in [6.07, 6.45) is 3.36. The summed E-state index contributed by atoms with van der Waals surface area (Å²) in [5.41, 5.74) is 5.56. The number of hydrogen-bond donors (Lipinski definition) is 1. The van der Waals surface area contributed by atoms with Crippen molar-refractivity contribution >= 4 is 11.8 Å². The zero-order valence-corrected chi connectivity index (χ0v) is 10.6. The Bertz CT molecular complexity index is 131. The molecule has 0 aromatic heterocycles. The van der Waals surface area contributed by atoms with E-state index in [0.717, 1.165) is 13.0 Å². The average molecular weight is 220 g/mol. The van der Waals surface area contributed by atoms with Crippen LogP contribution in [-0.2, 0) is 4.74 Å². The van der Waals surface area contributed by atoms with Gasteiger partial charge in [0.2, 0.25) is 0 Å². The maximum Gasteiger partial charge on any atom is 0.0705 e. The molecular formula is C10H24N2OS. The van der Waals surface area contributed by atoms with Gasteiger partial charge in [-0.05, 0) is 26.6 Å². The van der Waals surface area contributed by atoms with Gasteiger partial charge in [0, 0.05) is 32.0 Å². The van der Waals surface area contributed by atoms with Crippen LogP contribution in [0.3, 0.4) is 0 Å². The minimum absolute atomic E-state index is 0.207. The molecule has 0 saturated carbocycles. The van der Waals surface area contributed by atoms with E-state index in [0.29, 0.717) is 12.6 Å². The van der Waals surface area contributed by atoms with E-state index in [9.17, 15) is 0 Å². The van der Waals surface area contributed by atoms with Gasteiger partial charge in [-0.3, -0.25) is 0 Å². The summed E-state index contributed by atoms with van der Waals surface area (Å²) in [6.45, 7) is 3.92. The molecule has 0 aromatic rings. The molecule has 3 nitrogen and oxygen atoms in total. The summed E-state index contributed by atoms with van der Waals surface area (Å²) in [6, 6.07) is 0.625. The molecule has 4 heteroatoms. The minimum Gasteiger partial charge on any atom is -0.380 e. The first-order chi connectivity index (χ1) is 6.65. The molecule has 0 aromatic carbocycles. The van der Waals surface area contributed by atoms with Crippen LogP contribution in [0.5, 0.6) is 0 Å². The Morgan fingerprint density at radius 1 is 1.50 bits per heavy atom. The summed E-state index contributed by atoms with van der Waals surface area (Å²) >= 11 is 1.89. The molecule has 0 radical (unpaired) electrons. The number of rotatable bonds is 8. The van der Waals surface area contributed by atoms with Crippen LogP contribution >= 0.6 is 11.8 Å². The van der Waals surface area contributed by atoms with E-state index >= 15 is 0 Å². The maximum absolute atomic E-state index is 5.56. The first-order valence-corrected chi connectivity index (χ1v) is 6.47. The second-order valence-electron chi connectivity index (χ2n) is 3.67. The quantitative estimate of drug-likeness (QED) is 0.663. The van der Waals surface area contributed by atoms with Crippen LogP contribution in [0.15, 0.2) is 0 Å². The fourth-order valence-electron chi connectivity index (χ4n) is 1.27. The van der Waals surface area contributed by atoms with Crippen LogP contribution in [-0.4, -0.2) is 56.3 Å². The zero-order chi connectivity index (χ0) is 11.0. The van der Waals surface area contributed by atoms with Crippen LogP contribution in [0.1, 0.15) is 13.3 Å². The SMILES string of the molecule is COC(CN)CCN(C)C(C)CSC. The van der Waals surface area contributed by atoms with Crippen LogP contribution in [0.25, 0.3) is 0 Å². The van der Waals surface area contributed by atoms with Crippen molar-refractivity contribution in [3.63, 3.8) is 0 Å². The van der Waals surface area contributed by atoms with Crippen molar-refractivity contribution < 1.29 is 4.74 Å². The van der Waals surface area contributed by atoms with Gasteiger partial charge < -0.3 is 15.4 Å². The largest absolute Gasteiger partial charge is 0.380 e. The Hall–Kier alpha value is 0.230. The number of nitrogens with zero attached hydrogens (tertiary/aromatic N) is 1. The summed E-state index contributed by atoms with van der Waals surface area (Å²) in [4.78, 5) is 2.36. The lowest BCUT2D eigenvalue weighted by atomic mass is 10.2. The van der Waals surface area contributed by atoms with E-state index in [1.165, 1.54) is 5.75 Å². The molecule has 0 heterocycles. The van der Waals surface area contributed by atoms with Crippen molar-refractivity contribution in [1.82, 2.24) is 4.90 Å². The predicted octanol–water partition coefficient (Wildman–Crippen LogP) is 1.03. The van der Waals surface area contributed by atoms with Crippen LogP contribution in [0.2, 0.25) is 0 Å². The van der Waals surface area contributed by atoms with Gasteiger partial charge in [-0.2, -0.15) is 11.8 Å². The zero-order valence-electron chi connectivity index (χ0n) is 9.82. The number of thioether (sulfide) groups is 1. The highest BCUT2D eigenvalue weighted by Gasteiger charge is 2.11. The molecule has 0 fully saturated rings. The van der Waals surface area contributed by atoms with Crippen LogP contribution < -0.4 is 5.73 Å². The van der Waals surface area contributed by atoms with Crippen molar-refractivity contribution in [3.8, 4) is 0 Å². The van der Waals surface area contributed by atoms with Gasteiger partial charge in [-0.1, -0.05) is 0 Å². The number of methoxy groups -OCH3 is 1. The maximum atomic E-state index is 5.56. The average Bonchev–Trinajstić information content (AvgIpc) is 2.19. The van der Waals surface area contributed by atoms with Crippen LogP contribution in [0.4, 0.5) is 0 Å². The monoisotopic (exact) mass is 220 g/mol. The molecule has 0 bridgehead atoms. The lowest BCUT2D eigenvalue weighted by molar-refractivity contribution is 0.0895. The first-order valence-electron chi connectivity index (χ1n) is 5.07.